The van der Waals surface area contributed by atoms with Gasteiger partial charge in [-0.2, -0.15) is 0 Å². The van der Waals surface area contributed by atoms with Gasteiger partial charge in [-0.15, -0.1) is 14.3 Å². The topological polar surface area (TPSA) is 0 Å². The highest BCUT2D eigenvalue weighted by molar-refractivity contribution is 7.56. The molecule has 0 heterocycles. The Morgan fingerprint density at radius 2 is 2.23 bits per heavy atom. The molecule has 0 bridgehead atoms. The molecule has 0 radical (unpaired) electrons. The van der Waals surface area contributed by atoms with Crippen LogP contribution in [-0.4, -0.2) is 19.0 Å². The van der Waals surface area contributed by atoms with Crippen molar-refractivity contribution in [3.05, 3.63) is 11.6 Å². The highest BCUT2D eigenvalue weighted by atomic mass is 31.1. The Balaban J connectivity index is 4.07. The summed E-state index contributed by atoms with van der Waals surface area (Å²) in [5, 5.41) is 0. The Hall–Kier alpha value is -0.270. The van der Waals surface area contributed by atoms with Crippen LogP contribution in [0.1, 0.15) is 27.2 Å². The Labute approximate surface area is 84.6 Å². The Kier molecular flexibility index (Phi) is 7.02. The van der Waals surface area contributed by atoms with Crippen LogP contribution in [0.25, 0.3) is 0 Å². The summed E-state index contributed by atoms with van der Waals surface area (Å²) in [6.07, 6.45) is 11.5. The van der Waals surface area contributed by atoms with Crippen LogP contribution in [0.4, 0.5) is 0 Å². The normalized spacial score (nSPS) is 16.4. The summed E-state index contributed by atoms with van der Waals surface area (Å²) in [5.74, 6) is 3.27. The molecule has 0 aliphatic carbocycles. The summed E-state index contributed by atoms with van der Waals surface area (Å²) in [5.41, 5.74) is 1.35. The molecule has 0 aromatic carbocycles. The second kappa shape index (κ2) is 7.16. The lowest BCUT2D eigenvalue weighted by Gasteiger charge is -2.17. The Bertz CT molecular complexity index is 198. The second-order valence-corrected chi connectivity index (χ2v) is 6.04. The Morgan fingerprint density at radius 1 is 1.62 bits per heavy atom. The first-order chi connectivity index (χ1) is 6.15. The molecule has 1 heteroatoms. The average Bonchev–Trinajstić information content (AvgIpc) is 2.13. The van der Waals surface area contributed by atoms with E-state index < -0.39 is 0 Å². The van der Waals surface area contributed by atoms with Gasteiger partial charge in [-0.05, 0) is 32.8 Å². The van der Waals surface area contributed by atoms with Gasteiger partial charge in [-0.1, -0.05) is 30.9 Å². The number of hydrogen-bond acceptors (Lipinski definition) is 0. The zero-order chi connectivity index (χ0) is 10.3. The molecule has 0 N–H and O–H groups in total. The van der Waals surface area contributed by atoms with Crippen molar-refractivity contribution < 1.29 is 0 Å². The molecule has 0 fully saturated rings. The van der Waals surface area contributed by atoms with E-state index in [1.807, 2.05) is 0 Å². The molecule has 0 saturated heterocycles. The summed E-state index contributed by atoms with van der Waals surface area (Å²) in [6.45, 7) is 8.80. The molecule has 74 valence electrons. The molecule has 0 aliphatic heterocycles. The van der Waals surface area contributed by atoms with Gasteiger partial charge in [-0.3, -0.25) is 0 Å². The minimum atomic E-state index is 0.153. The number of rotatable bonds is 5. The van der Waals surface area contributed by atoms with Crippen LogP contribution in [0.2, 0.25) is 0 Å². The molecular formula is C12H21P. The van der Waals surface area contributed by atoms with Crippen LogP contribution < -0.4 is 0 Å². The monoisotopic (exact) mass is 196 g/mol. The van der Waals surface area contributed by atoms with Crippen LogP contribution in [-0.2, 0) is 0 Å². The van der Waals surface area contributed by atoms with Gasteiger partial charge in [-0.25, -0.2) is 0 Å². The third-order valence-electron chi connectivity index (χ3n) is 2.31. The van der Waals surface area contributed by atoms with E-state index in [4.69, 9.17) is 6.42 Å². The smallest absolute Gasteiger partial charge is 0.0445 e. The molecule has 0 aromatic rings. The second-order valence-electron chi connectivity index (χ2n) is 3.51. The number of allylic oxidation sites excluding steroid dienone is 2. The number of hydrogen-bond donors (Lipinski definition) is 0. The Morgan fingerprint density at radius 3 is 2.62 bits per heavy atom. The van der Waals surface area contributed by atoms with Gasteiger partial charge < -0.3 is 0 Å². The summed E-state index contributed by atoms with van der Waals surface area (Å²) in [4.78, 5) is 0. The van der Waals surface area contributed by atoms with Gasteiger partial charge in [0.25, 0.3) is 0 Å². The molecule has 2 atom stereocenters. The van der Waals surface area contributed by atoms with Crippen LogP contribution in [0.15, 0.2) is 11.6 Å². The van der Waals surface area contributed by atoms with Crippen molar-refractivity contribution in [1.82, 2.24) is 0 Å². The van der Waals surface area contributed by atoms with E-state index in [2.05, 4.69) is 39.4 Å². The van der Waals surface area contributed by atoms with Gasteiger partial charge in [0.1, 0.15) is 0 Å². The van der Waals surface area contributed by atoms with Crippen molar-refractivity contribution in [3.8, 4) is 12.3 Å². The maximum absolute atomic E-state index is 5.51. The summed E-state index contributed by atoms with van der Waals surface area (Å²) < 4.78 is 0. The molecular weight excluding hydrogens is 175 g/mol. The maximum Gasteiger partial charge on any atom is 0.0445 e. The largest absolute Gasteiger partial charge is 0.119 e. The van der Waals surface area contributed by atoms with Crippen molar-refractivity contribution in [2.24, 2.45) is 5.92 Å². The first-order valence-corrected chi connectivity index (χ1v) is 7.09. The van der Waals surface area contributed by atoms with E-state index in [1.165, 1.54) is 24.3 Å². The minimum absolute atomic E-state index is 0.153. The fourth-order valence-corrected chi connectivity index (χ4v) is 3.28. The maximum atomic E-state index is 5.51. The lowest BCUT2D eigenvalue weighted by atomic mass is 10.0. The van der Waals surface area contributed by atoms with Gasteiger partial charge in [0.2, 0.25) is 0 Å². The zero-order valence-corrected chi connectivity index (χ0v) is 10.2. The SMILES string of the molecule is C#CC(CP(C)CCC)/C(C)=C/C. The standard InChI is InChI=1S/C12H21P/c1-6-9-13(5)10-12(8-3)11(4)7-2/h3,7,12H,6,9-10H2,1-2,4-5H3/b11-7+. The van der Waals surface area contributed by atoms with E-state index in [0.717, 1.165) is 0 Å². The third kappa shape index (κ3) is 5.12. The fraction of sp³-hybridized carbons (Fsp3) is 0.667. The summed E-state index contributed by atoms with van der Waals surface area (Å²) >= 11 is 0. The first kappa shape index (κ1) is 12.7. The highest BCUT2D eigenvalue weighted by Gasteiger charge is 2.10. The minimum Gasteiger partial charge on any atom is -0.119 e. The van der Waals surface area contributed by atoms with E-state index in [1.54, 1.807) is 0 Å². The molecule has 0 aliphatic rings. The van der Waals surface area contributed by atoms with Crippen LogP contribution >= 0.6 is 7.92 Å². The summed E-state index contributed by atoms with van der Waals surface area (Å²) in [6, 6.07) is 0. The van der Waals surface area contributed by atoms with E-state index in [-0.39, 0.29) is 7.92 Å². The molecule has 13 heavy (non-hydrogen) atoms. The first-order valence-electron chi connectivity index (χ1n) is 4.93. The molecule has 0 nitrogen and oxygen atoms in total. The molecule has 0 saturated carbocycles. The van der Waals surface area contributed by atoms with Crippen molar-refractivity contribution in [3.63, 3.8) is 0 Å². The molecule has 0 spiro atoms. The van der Waals surface area contributed by atoms with E-state index >= 15 is 0 Å². The lowest BCUT2D eigenvalue weighted by molar-refractivity contribution is 0.897. The predicted molar refractivity (Wildman–Crippen MR) is 64.6 cm³/mol. The molecule has 0 aromatic heterocycles. The fourth-order valence-electron chi connectivity index (χ4n) is 1.31. The van der Waals surface area contributed by atoms with Crippen LogP contribution in [0.3, 0.4) is 0 Å². The van der Waals surface area contributed by atoms with Crippen molar-refractivity contribution in [1.29, 1.82) is 0 Å². The molecule has 0 amide bonds. The highest BCUT2D eigenvalue weighted by Crippen LogP contribution is 2.35. The van der Waals surface area contributed by atoms with Gasteiger partial charge >= 0.3 is 0 Å². The lowest BCUT2D eigenvalue weighted by Crippen LogP contribution is -2.04. The van der Waals surface area contributed by atoms with Gasteiger partial charge in [0.05, 0.1) is 0 Å². The molecule has 2 unspecified atom stereocenters. The van der Waals surface area contributed by atoms with Gasteiger partial charge in [0.15, 0.2) is 0 Å². The zero-order valence-electron chi connectivity index (χ0n) is 9.30. The summed E-state index contributed by atoms with van der Waals surface area (Å²) in [7, 11) is 0.153. The van der Waals surface area contributed by atoms with Gasteiger partial charge in [0, 0.05) is 5.92 Å². The molecule has 0 rings (SSSR count). The van der Waals surface area contributed by atoms with Crippen LogP contribution in [0.5, 0.6) is 0 Å². The average molecular weight is 196 g/mol. The number of terminal acetylenes is 1. The van der Waals surface area contributed by atoms with E-state index in [9.17, 15) is 0 Å². The van der Waals surface area contributed by atoms with Crippen LogP contribution in [0, 0.1) is 18.3 Å². The van der Waals surface area contributed by atoms with E-state index in [0.29, 0.717) is 5.92 Å². The van der Waals surface area contributed by atoms with Crippen molar-refractivity contribution >= 4 is 7.92 Å². The quantitative estimate of drug-likeness (QED) is 0.357. The van der Waals surface area contributed by atoms with Crippen molar-refractivity contribution in [2.75, 3.05) is 19.0 Å². The van der Waals surface area contributed by atoms with Crippen molar-refractivity contribution in [2.45, 2.75) is 27.2 Å². The third-order valence-corrected chi connectivity index (χ3v) is 4.50. The predicted octanol–water partition coefficient (Wildman–Crippen LogP) is 3.72.